The Morgan fingerprint density at radius 3 is 2.23 bits per heavy atom. The predicted molar refractivity (Wildman–Crippen MR) is 91.8 cm³/mol. The van der Waals surface area contributed by atoms with Gasteiger partial charge in [0.05, 0.1) is 6.42 Å². The molecule has 3 heteroatoms. The largest absolute Gasteiger partial charge is 0.356 e. The van der Waals surface area contributed by atoms with Gasteiger partial charge in [0, 0.05) is 6.54 Å². The second-order valence-corrected chi connectivity index (χ2v) is 5.75. The summed E-state index contributed by atoms with van der Waals surface area (Å²) in [4.78, 5) is 14.0. The van der Waals surface area contributed by atoms with Crippen LogP contribution in [-0.2, 0) is 11.2 Å². The van der Waals surface area contributed by atoms with Crippen LogP contribution in [-0.4, -0.2) is 38.0 Å². The zero-order chi connectivity index (χ0) is 15.8. The molecule has 0 aromatic heterocycles. The first-order valence-corrected chi connectivity index (χ1v) is 7.71. The summed E-state index contributed by atoms with van der Waals surface area (Å²) in [7, 11) is 4.08. The Morgan fingerprint density at radius 2 is 1.59 bits per heavy atom. The molecule has 0 bridgehead atoms. The van der Waals surface area contributed by atoms with Crippen molar-refractivity contribution < 1.29 is 4.79 Å². The molecule has 2 aromatic carbocycles. The molecule has 0 atom stereocenters. The Hall–Kier alpha value is -2.13. The maximum atomic E-state index is 11.9. The van der Waals surface area contributed by atoms with Gasteiger partial charge < -0.3 is 10.2 Å². The van der Waals surface area contributed by atoms with Crippen molar-refractivity contribution in [2.75, 3.05) is 27.2 Å². The number of carbonyl (C=O) groups excluding carboxylic acids is 1. The van der Waals surface area contributed by atoms with Gasteiger partial charge in [0.25, 0.3) is 0 Å². The molecule has 0 fully saturated rings. The number of nitrogens with one attached hydrogen (secondary N) is 1. The van der Waals surface area contributed by atoms with E-state index in [1.807, 2.05) is 44.4 Å². The summed E-state index contributed by atoms with van der Waals surface area (Å²) in [5.41, 5.74) is 3.42. The van der Waals surface area contributed by atoms with Gasteiger partial charge in [0.15, 0.2) is 0 Å². The minimum atomic E-state index is 0.0891. The summed E-state index contributed by atoms with van der Waals surface area (Å²) in [5, 5.41) is 2.97. The molecule has 0 spiro atoms. The van der Waals surface area contributed by atoms with Crippen LogP contribution in [0.5, 0.6) is 0 Å². The first-order valence-electron chi connectivity index (χ1n) is 7.71. The molecule has 0 saturated heterocycles. The molecule has 1 amide bonds. The first kappa shape index (κ1) is 16.2. The van der Waals surface area contributed by atoms with E-state index in [0.717, 1.165) is 25.1 Å². The molecule has 3 nitrogen and oxygen atoms in total. The van der Waals surface area contributed by atoms with Gasteiger partial charge in [-0.3, -0.25) is 4.79 Å². The number of amides is 1. The van der Waals surface area contributed by atoms with E-state index in [1.165, 1.54) is 11.1 Å². The SMILES string of the molecule is CN(C)CCCNC(=O)Cc1ccc(-c2ccccc2)cc1. The Morgan fingerprint density at radius 1 is 0.955 bits per heavy atom. The first-order chi connectivity index (χ1) is 10.6. The third-order valence-electron chi connectivity index (χ3n) is 3.53. The van der Waals surface area contributed by atoms with Crippen molar-refractivity contribution in [1.82, 2.24) is 10.2 Å². The highest BCUT2D eigenvalue weighted by Gasteiger charge is 2.03. The molecule has 2 aromatic rings. The van der Waals surface area contributed by atoms with E-state index < -0.39 is 0 Å². The predicted octanol–water partition coefficient (Wildman–Crippen LogP) is 2.96. The Bertz CT molecular complexity index is 576. The topological polar surface area (TPSA) is 32.3 Å². The fourth-order valence-electron chi connectivity index (χ4n) is 2.32. The zero-order valence-electron chi connectivity index (χ0n) is 13.4. The molecular weight excluding hydrogens is 272 g/mol. The number of benzene rings is 2. The van der Waals surface area contributed by atoms with Gasteiger partial charge in [-0.2, -0.15) is 0 Å². The number of hydrogen-bond donors (Lipinski definition) is 1. The lowest BCUT2D eigenvalue weighted by atomic mass is 10.0. The van der Waals surface area contributed by atoms with Crippen molar-refractivity contribution >= 4 is 5.91 Å². The van der Waals surface area contributed by atoms with Crippen LogP contribution in [0.25, 0.3) is 11.1 Å². The number of carbonyl (C=O) groups is 1. The fourth-order valence-corrected chi connectivity index (χ4v) is 2.32. The van der Waals surface area contributed by atoms with Crippen molar-refractivity contribution in [2.45, 2.75) is 12.8 Å². The lowest BCUT2D eigenvalue weighted by molar-refractivity contribution is -0.120. The maximum Gasteiger partial charge on any atom is 0.224 e. The number of hydrogen-bond acceptors (Lipinski definition) is 2. The zero-order valence-corrected chi connectivity index (χ0v) is 13.4. The van der Waals surface area contributed by atoms with Crippen molar-refractivity contribution in [3.05, 3.63) is 60.2 Å². The van der Waals surface area contributed by atoms with Gasteiger partial charge in [0.2, 0.25) is 5.91 Å². The lowest BCUT2D eigenvalue weighted by Gasteiger charge is -2.10. The van der Waals surface area contributed by atoms with Crippen LogP contribution in [0.3, 0.4) is 0 Å². The molecule has 0 aliphatic carbocycles. The molecule has 116 valence electrons. The Labute approximate surface area is 133 Å². The Balaban J connectivity index is 1.82. The van der Waals surface area contributed by atoms with E-state index in [1.54, 1.807) is 0 Å². The van der Waals surface area contributed by atoms with E-state index in [0.29, 0.717) is 6.42 Å². The van der Waals surface area contributed by atoms with Gasteiger partial charge >= 0.3 is 0 Å². The summed E-state index contributed by atoms with van der Waals surface area (Å²) in [6.45, 7) is 1.73. The van der Waals surface area contributed by atoms with Gasteiger partial charge in [-0.15, -0.1) is 0 Å². The molecule has 0 aliphatic heterocycles. The highest BCUT2D eigenvalue weighted by molar-refractivity contribution is 5.78. The van der Waals surface area contributed by atoms with Crippen LogP contribution in [0.15, 0.2) is 54.6 Å². The van der Waals surface area contributed by atoms with Crippen LogP contribution in [0, 0.1) is 0 Å². The third kappa shape index (κ3) is 5.34. The molecule has 0 unspecified atom stereocenters. The van der Waals surface area contributed by atoms with Gasteiger partial charge in [-0.25, -0.2) is 0 Å². The van der Waals surface area contributed by atoms with Crippen LogP contribution < -0.4 is 5.32 Å². The summed E-state index contributed by atoms with van der Waals surface area (Å²) >= 11 is 0. The lowest BCUT2D eigenvalue weighted by Crippen LogP contribution is -2.28. The second kappa shape index (κ2) is 8.35. The smallest absolute Gasteiger partial charge is 0.224 e. The van der Waals surface area contributed by atoms with Crippen LogP contribution in [0.1, 0.15) is 12.0 Å². The van der Waals surface area contributed by atoms with E-state index in [9.17, 15) is 4.79 Å². The van der Waals surface area contributed by atoms with Crippen LogP contribution >= 0.6 is 0 Å². The molecule has 0 saturated carbocycles. The molecular formula is C19H24N2O. The minimum Gasteiger partial charge on any atom is -0.356 e. The second-order valence-electron chi connectivity index (χ2n) is 5.75. The summed E-state index contributed by atoms with van der Waals surface area (Å²) in [6.07, 6.45) is 1.42. The van der Waals surface area contributed by atoms with E-state index in [-0.39, 0.29) is 5.91 Å². The van der Waals surface area contributed by atoms with E-state index >= 15 is 0 Å². The highest BCUT2D eigenvalue weighted by atomic mass is 16.1. The normalized spacial score (nSPS) is 10.7. The van der Waals surface area contributed by atoms with Gasteiger partial charge in [-0.05, 0) is 43.8 Å². The summed E-state index contributed by atoms with van der Waals surface area (Å²) in [5.74, 6) is 0.0891. The minimum absolute atomic E-state index is 0.0891. The van der Waals surface area contributed by atoms with E-state index in [4.69, 9.17) is 0 Å². The van der Waals surface area contributed by atoms with Crippen LogP contribution in [0.2, 0.25) is 0 Å². The summed E-state index contributed by atoms with van der Waals surface area (Å²) < 4.78 is 0. The number of rotatable bonds is 7. The van der Waals surface area contributed by atoms with Crippen molar-refractivity contribution in [3.8, 4) is 11.1 Å². The quantitative estimate of drug-likeness (QED) is 0.797. The van der Waals surface area contributed by atoms with Gasteiger partial charge in [0.1, 0.15) is 0 Å². The maximum absolute atomic E-state index is 11.9. The van der Waals surface area contributed by atoms with Crippen LogP contribution in [0.4, 0.5) is 0 Å². The average molecular weight is 296 g/mol. The van der Waals surface area contributed by atoms with Crippen molar-refractivity contribution in [1.29, 1.82) is 0 Å². The fraction of sp³-hybridized carbons (Fsp3) is 0.316. The summed E-state index contributed by atoms with van der Waals surface area (Å²) in [6, 6.07) is 18.5. The molecule has 0 radical (unpaired) electrons. The number of nitrogens with zero attached hydrogens (tertiary/aromatic N) is 1. The molecule has 0 heterocycles. The highest BCUT2D eigenvalue weighted by Crippen LogP contribution is 2.19. The van der Waals surface area contributed by atoms with Gasteiger partial charge in [-0.1, -0.05) is 54.6 Å². The Kier molecular flexibility index (Phi) is 6.16. The van der Waals surface area contributed by atoms with Crippen molar-refractivity contribution in [2.24, 2.45) is 0 Å². The molecule has 2 rings (SSSR count). The molecule has 22 heavy (non-hydrogen) atoms. The van der Waals surface area contributed by atoms with Crippen molar-refractivity contribution in [3.63, 3.8) is 0 Å². The van der Waals surface area contributed by atoms with E-state index in [2.05, 4.69) is 34.5 Å². The standard InChI is InChI=1S/C19H24N2O/c1-21(2)14-6-13-20-19(22)15-16-9-11-18(12-10-16)17-7-4-3-5-8-17/h3-5,7-12H,6,13-15H2,1-2H3,(H,20,22). The average Bonchev–Trinajstić information content (AvgIpc) is 2.53. The monoisotopic (exact) mass is 296 g/mol. The molecule has 0 aliphatic rings. The molecule has 1 N–H and O–H groups in total. The third-order valence-corrected chi connectivity index (χ3v) is 3.53.